The standard InChI is InChI=1S/C5H19N3Si2/c1-6-9(4)7-10(5)8(2)3/h6-7,9-10H,1-5H3. The molecule has 5 heteroatoms. The van der Waals surface area contributed by atoms with Gasteiger partial charge in [0.25, 0.3) is 0 Å². The van der Waals surface area contributed by atoms with E-state index < -0.39 is 18.2 Å². The molecule has 0 aliphatic rings. The minimum atomic E-state index is -0.775. The highest BCUT2D eigenvalue weighted by Crippen LogP contribution is 1.80. The van der Waals surface area contributed by atoms with E-state index in [0.29, 0.717) is 0 Å². The van der Waals surface area contributed by atoms with Gasteiger partial charge in [-0.15, -0.1) is 0 Å². The van der Waals surface area contributed by atoms with Crippen LogP contribution in [0.5, 0.6) is 0 Å². The highest BCUT2D eigenvalue weighted by Gasteiger charge is 2.09. The Hall–Kier alpha value is 0.314. The minimum Gasteiger partial charge on any atom is -0.340 e. The van der Waals surface area contributed by atoms with Crippen LogP contribution in [0.15, 0.2) is 0 Å². The van der Waals surface area contributed by atoms with Gasteiger partial charge in [0.15, 0.2) is 18.2 Å². The Morgan fingerprint density at radius 1 is 1.20 bits per heavy atom. The van der Waals surface area contributed by atoms with Crippen molar-refractivity contribution in [2.24, 2.45) is 0 Å². The van der Waals surface area contributed by atoms with E-state index in [4.69, 9.17) is 0 Å². The van der Waals surface area contributed by atoms with Crippen LogP contribution >= 0.6 is 0 Å². The van der Waals surface area contributed by atoms with E-state index in [-0.39, 0.29) is 0 Å². The Kier molecular flexibility index (Phi) is 5.19. The first-order valence-corrected chi connectivity index (χ1v) is 8.23. The molecule has 0 fully saturated rings. The van der Waals surface area contributed by atoms with E-state index >= 15 is 0 Å². The summed E-state index contributed by atoms with van der Waals surface area (Å²) in [4.78, 5) is 3.29. The fourth-order valence-corrected chi connectivity index (χ4v) is 5.35. The molecule has 0 bridgehead atoms. The normalized spacial score (nSPS) is 17.4. The molecule has 0 rings (SSSR count). The van der Waals surface area contributed by atoms with Gasteiger partial charge in [0.1, 0.15) is 0 Å². The topological polar surface area (TPSA) is 27.3 Å². The van der Waals surface area contributed by atoms with Crippen molar-refractivity contribution in [1.82, 2.24) is 14.2 Å². The van der Waals surface area contributed by atoms with Crippen LogP contribution in [-0.4, -0.2) is 43.9 Å². The monoisotopic (exact) mass is 177 g/mol. The first-order valence-electron chi connectivity index (χ1n) is 3.67. The molecule has 0 saturated heterocycles. The summed E-state index contributed by atoms with van der Waals surface area (Å²) >= 11 is 0. The summed E-state index contributed by atoms with van der Waals surface area (Å²) < 4.78 is 5.93. The van der Waals surface area contributed by atoms with Gasteiger partial charge in [-0.05, 0) is 34.2 Å². The Labute approximate surface area is 67.3 Å². The average molecular weight is 177 g/mol. The van der Waals surface area contributed by atoms with Crippen LogP contribution in [0, 0.1) is 0 Å². The second kappa shape index (κ2) is 5.03. The summed E-state index contributed by atoms with van der Waals surface area (Å²) in [6, 6.07) is 0. The predicted molar refractivity (Wildman–Crippen MR) is 51.9 cm³/mol. The maximum absolute atomic E-state index is 3.62. The third-order valence-electron chi connectivity index (χ3n) is 1.70. The van der Waals surface area contributed by atoms with Crippen molar-refractivity contribution in [2.45, 2.75) is 13.1 Å². The molecule has 62 valence electrons. The molecular weight excluding hydrogens is 158 g/mol. The van der Waals surface area contributed by atoms with Gasteiger partial charge in [-0.25, -0.2) is 0 Å². The van der Waals surface area contributed by atoms with Crippen molar-refractivity contribution < 1.29 is 0 Å². The molecule has 2 unspecified atom stereocenters. The molecule has 0 aliphatic carbocycles. The molecule has 0 aliphatic heterocycles. The molecule has 0 saturated carbocycles. The van der Waals surface area contributed by atoms with Crippen LogP contribution in [0.4, 0.5) is 0 Å². The Morgan fingerprint density at radius 3 is 2.00 bits per heavy atom. The van der Waals surface area contributed by atoms with E-state index in [0.717, 1.165) is 0 Å². The van der Waals surface area contributed by atoms with Crippen molar-refractivity contribution in [3.05, 3.63) is 0 Å². The summed E-state index contributed by atoms with van der Waals surface area (Å²) in [5.74, 6) is 0. The van der Waals surface area contributed by atoms with Crippen molar-refractivity contribution in [3.8, 4) is 0 Å². The minimum absolute atomic E-state index is 0.768. The maximum Gasteiger partial charge on any atom is 0.177 e. The molecule has 0 heterocycles. The van der Waals surface area contributed by atoms with Crippen molar-refractivity contribution in [3.63, 3.8) is 0 Å². The lowest BCUT2D eigenvalue weighted by molar-refractivity contribution is 0.635. The van der Waals surface area contributed by atoms with Crippen LogP contribution in [0.25, 0.3) is 0 Å². The van der Waals surface area contributed by atoms with Gasteiger partial charge in [-0.1, -0.05) is 0 Å². The number of rotatable bonds is 4. The molecule has 0 radical (unpaired) electrons. The predicted octanol–water partition coefficient (Wildman–Crippen LogP) is -0.942. The van der Waals surface area contributed by atoms with Crippen LogP contribution in [0.3, 0.4) is 0 Å². The average Bonchev–Trinajstić information content (AvgIpc) is 1.87. The van der Waals surface area contributed by atoms with Crippen molar-refractivity contribution >= 4 is 18.2 Å². The highest BCUT2D eigenvalue weighted by molar-refractivity contribution is 6.68. The largest absolute Gasteiger partial charge is 0.340 e. The van der Waals surface area contributed by atoms with Gasteiger partial charge >= 0.3 is 0 Å². The van der Waals surface area contributed by atoms with Crippen LogP contribution < -0.4 is 9.63 Å². The number of hydrogen-bond donors (Lipinski definition) is 2. The molecular formula is C5H19N3Si2. The Bertz CT molecular complexity index is 89.0. The summed E-state index contributed by atoms with van der Waals surface area (Å²) in [6.45, 7) is 4.58. The molecule has 10 heavy (non-hydrogen) atoms. The molecule has 0 amide bonds. The van der Waals surface area contributed by atoms with Gasteiger partial charge in [0.2, 0.25) is 0 Å². The number of nitrogens with zero attached hydrogens (tertiary/aromatic N) is 1. The zero-order chi connectivity index (χ0) is 8.15. The first-order chi connectivity index (χ1) is 4.57. The zero-order valence-electron chi connectivity index (χ0n) is 7.60. The molecule has 0 spiro atoms. The molecule has 3 nitrogen and oxygen atoms in total. The molecule has 2 N–H and O–H groups in total. The lowest BCUT2D eigenvalue weighted by Gasteiger charge is -2.22. The number of hydrogen-bond acceptors (Lipinski definition) is 3. The molecule has 0 aromatic rings. The van der Waals surface area contributed by atoms with Crippen molar-refractivity contribution in [2.75, 3.05) is 21.1 Å². The summed E-state index contributed by atoms with van der Waals surface area (Å²) in [5.41, 5.74) is 0. The smallest absolute Gasteiger partial charge is 0.177 e. The maximum atomic E-state index is 3.62. The first kappa shape index (κ1) is 10.3. The van der Waals surface area contributed by atoms with Crippen LogP contribution in [0.1, 0.15) is 0 Å². The Balaban J connectivity index is 3.46. The van der Waals surface area contributed by atoms with E-state index in [1.165, 1.54) is 0 Å². The van der Waals surface area contributed by atoms with Crippen LogP contribution in [-0.2, 0) is 0 Å². The SMILES string of the molecule is CN[SiH](C)N[SiH](C)N(C)C. The van der Waals surface area contributed by atoms with E-state index in [2.05, 4.69) is 41.4 Å². The van der Waals surface area contributed by atoms with Crippen LogP contribution in [0.2, 0.25) is 13.1 Å². The summed E-state index contributed by atoms with van der Waals surface area (Å²) in [5, 5.41) is 0. The molecule has 0 aromatic heterocycles. The third-order valence-corrected chi connectivity index (χ3v) is 8.04. The second-order valence-electron chi connectivity index (χ2n) is 2.82. The molecule has 2 atom stereocenters. The summed E-state index contributed by atoms with van der Waals surface area (Å²) in [6.07, 6.45) is 0. The quantitative estimate of drug-likeness (QED) is 0.543. The summed E-state index contributed by atoms with van der Waals surface area (Å²) in [7, 11) is 4.76. The van der Waals surface area contributed by atoms with Gasteiger partial charge < -0.3 is 14.2 Å². The van der Waals surface area contributed by atoms with Gasteiger partial charge in [0.05, 0.1) is 0 Å². The highest BCUT2D eigenvalue weighted by atomic mass is 28.4. The van der Waals surface area contributed by atoms with E-state index in [1.807, 2.05) is 7.05 Å². The fraction of sp³-hybridized carbons (Fsp3) is 1.00. The lowest BCUT2D eigenvalue weighted by atomic mass is 11.3. The third kappa shape index (κ3) is 4.18. The second-order valence-corrected chi connectivity index (χ2v) is 8.56. The van der Waals surface area contributed by atoms with Gasteiger partial charge in [0, 0.05) is 0 Å². The van der Waals surface area contributed by atoms with Gasteiger partial charge in [-0.3, -0.25) is 0 Å². The van der Waals surface area contributed by atoms with Crippen molar-refractivity contribution in [1.29, 1.82) is 0 Å². The molecule has 0 aromatic carbocycles. The Morgan fingerprint density at radius 2 is 1.70 bits per heavy atom. The van der Waals surface area contributed by atoms with E-state index in [9.17, 15) is 0 Å². The van der Waals surface area contributed by atoms with Gasteiger partial charge in [-0.2, -0.15) is 0 Å². The zero-order valence-corrected chi connectivity index (χ0v) is 9.91. The number of nitrogens with one attached hydrogen (secondary N) is 2. The lowest BCUT2D eigenvalue weighted by Crippen LogP contribution is -2.55. The van der Waals surface area contributed by atoms with E-state index in [1.54, 1.807) is 0 Å². The fourth-order valence-electron chi connectivity index (χ4n) is 0.594.